The predicted octanol–water partition coefficient (Wildman–Crippen LogP) is 2.56. The first-order valence-electron chi connectivity index (χ1n) is 8.54. The van der Waals surface area contributed by atoms with E-state index < -0.39 is 14.4 Å². The summed E-state index contributed by atoms with van der Waals surface area (Å²) in [5.74, 6) is 0. The highest BCUT2D eigenvalue weighted by molar-refractivity contribution is 7.80. The average Bonchev–Trinajstić information content (AvgIpc) is 2.59. The summed E-state index contributed by atoms with van der Waals surface area (Å²) in [5, 5.41) is 2.34. The van der Waals surface area contributed by atoms with Gasteiger partial charge in [-0.05, 0) is 22.3 Å². The second-order valence-corrected chi connectivity index (χ2v) is 12.1. The van der Waals surface area contributed by atoms with Gasteiger partial charge < -0.3 is 15.9 Å². The highest BCUT2D eigenvalue weighted by Crippen LogP contribution is 2.37. The van der Waals surface area contributed by atoms with Crippen LogP contribution in [-0.2, 0) is 4.43 Å². The van der Waals surface area contributed by atoms with Gasteiger partial charge in [-0.15, -0.1) is 0 Å². The number of hydrogen-bond acceptors (Lipinski definition) is 3. The fourth-order valence-electron chi connectivity index (χ4n) is 3.27. The SMILES string of the molecule is C[C@@H](O[Si](c1ccccc1)(c1ccccc1)C(C)(C)C)[C@H](N)C(N)=S. The predicted molar refractivity (Wildman–Crippen MR) is 113 cm³/mol. The number of thiocarbonyl (C=S) groups is 1. The van der Waals surface area contributed by atoms with E-state index in [0.717, 1.165) is 0 Å². The monoisotopic (exact) mass is 372 g/mol. The molecule has 0 heterocycles. The number of hydrogen-bond donors (Lipinski definition) is 2. The summed E-state index contributed by atoms with van der Waals surface area (Å²) in [6.45, 7) is 8.66. The molecule has 25 heavy (non-hydrogen) atoms. The zero-order valence-electron chi connectivity index (χ0n) is 15.4. The molecule has 0 saturated heterocycles. The Balaban J connectivity index is 2.67. The minimum atomic E-state index is -2.62. The number of benzene rings is 2. The standard InChI is InChI=1S/C20H28N2OSSi/c1-15(18(21)19(22)24)23-25(20(2,3)4,16-11-7-5-8-12-16)17-13-9-6-10-14-17/h5-15,18H,21H2,1-4H3,(H2,22,24)/t15-,18+/m1/s1. The highest BCUT2D eigenvalue weighted by atomic mass is 32.1. The highest BCUT2D eigenvalue weighted by Gasteiger charge is 2.51. The summed E-state index contributed by atoms with van der Waals surface area (Å²) in [6, 6.07) is 20.5. The first-order chi connectivity index (χ1) is 11.7. The molecule has 4 N–H and O–H groups in total. The van der Waals surface area contributed by atoms with Gasteiger partial charge in [0.2, 0.25) is 0 Å². The normalized spacial score (nSPS) is 14.8. The van der Waals surface area contributed by atoms with E-state index in [0.29, 0.717) is 0 Å². The van der Waals surface area contributed by atoms with Crippen molar-refractivity contribution in [3.05, 3.63) is 60.7 Å². The summed E-state index contributed by atoms with van der Waals surface area (Å²) in [6.07, 6.45) is -0.274. The maximum absolute atomic E-state index is 6.84. The first kappa shape index (κ1) is 19.8. The molecular formula is C20H28N2OSSi. The molecule has 0 aliphatic carbocycles. The minimum Gasteiger partial charge on any atom is -0.403 e. The lowest BCUT2D eigenvalue weighted by Crippen LogP contribution is -2.69. The van der Waals surface area contributed by atoms with Gasteiger partial charge in [-0.1, -0.05) is 93.7 Å². The quantitative estimate of drug-likeness (QED) is 0.604. The Morgan fingerprint density at radius 3 is 1.68 bits per heavy atom. The molecule has 0 aromatic heterocycles. The Kier molecular flexibility index (Phi) is 6.16. The fourth-order valence-corrected chi connectivity index (χ4v) is 8.19. The maximum Gasteiger partial charge on any atom is 0.261 e. The van der Waals surface area contributed by atoms with Crippen molar-refractivity contribution in [2.45, 2.75) is 44.9 Å². The van der Waals surface area contributed by atoms with Gasteiger partial charge in [0, 0.05) is 0 Å². The van der Waals surface area contributed by atoms with Crippen molar-refractivity contribution in [1.82, 2.24) is 0 Å². The van der Waals surface area contributed by atoms with Crippen LogP contribution in [0.1, 0.15) is 27.7 Å². The Labute approximate surface area is 157 Å². The molecule has 0 radical (unpaired) electrons. The first-order valence-corrected chi connectivity index (χ1v) is 10.9. The van der Waals surface area contributed by atoms with Crippen LogP contribution < -0.4 is 21.8 Å². The fraction of sp³-hybridized carbons (Fsp3) is 0.350. The zero-order valence-corrected chi connectivity index (χ0v) is 17.2. The van der Waals surface area contributed by atoms with Gasteiger partial charge in [0.1, 0.15) is 0 Å². The van der Waals surface area contributed by atoms with E-state index in [9.17, 15) is 0 Å². The zero-order chi connectivity index (χ0) is 18.7. The van der Waals surface area contributed by atoms with Crippen molar-refractivity contribution in [3.63, 3.8) is 0 Å². The number of nitrogens with two attached hydrogens (primary N) is 2. The van der Waals surface area contributed by atoms with Crippen LogP contribution in [0, 0.1) is 0 Å². The van der Waals surface area contributed by atoms with Crippen molar-refractivity contribution < 1.29 is 4.43 Å². The lowest BCUT2D eigenvalue weighted by Gasteiger charge is -2.45. The van der Waals surface area contributed by atoms with E-state index in [-0.39, 0.29) is 16.1 Å². The molecule has 2 rings (SSSR count). The van der Waals surface area contributed by atoms with Crippen LogP contribution in [-0.4, -0.2) is 25.5 Å². The van der Waals surface area contributed by atoms with Gasteiger partial charge in [0.05, 0.1) is 17.1 Å². The van der Waals surface area contributed by atoms with Crippen molar-refractivity contribution in [3.8, 4) is 0 Å². The smallest absolute Gasteiger partial charge is 0.261 e. The summed E-state index contributed by atoms with van der Waals surface area (Å²) < 4.78 is 6.84. The van der Waals surface area contributed by atoms with Gasteiger partial charge in [-0.3, -0.25) is 0 Å². The molecule has 0 bridgehead atoms. The minimum absolute atomic E-state index is 0.0973. The molecule has 0 amide bonds. The van der Waals surface area contributed by atoms with E-state index >= 15 is 0 Å². The Morgan fingerprint density at radius 1 is 0.960 bits per heavy atom. The summed E-state index contributed by atoms with van der Waals surface area (Å²) in [5.41, 5.74) is 12.0. The van der Waals surface area contributed by atoms with Crippen LogP contribution >= 0.6 is 12.2 Å². The second kappa shape index (κ2) is 7.79. The lowest BCUT2D eigenvalue weighted by atomic mass is 10.2. The molecule has 0 aliphatic heterocycles. The van der Waals surface area contributed by atoms with Crippen LogP contribution in [0.2, 0.25) is 5.04 Å². The molecule has 3 nitrogen and oxygen atoms in total. The van der Waals surface area contributed by atoms with E-state index in [2.05, 4.69) is 69.3 Å². The van der Waals surface area contributed by atoms with Crippen molar-refractivity contribution >= 4 is 35.9 Å². The summed E-state index contributed by atoms with van der Waals surface area (Å²) >= 11 is 5.10. The number of rotatable bonds is 6. The van der Waals surface area contributed by atoms with E-state index in [1.807, 2.05) is 19.1 Å². The topological polar surface area (TPSA) is 61.3 Å². The largest absolute Gasteiger partial charge is 0.403 e. The van der Waals surface area contributed by atoms with Crippen LogP contribution in [0.25, 0.3) is 0 Å². The van der Waals surface area contributed by atoms with E-state index in [1.54, 1.807) is 0 Å². The van der Waals surface area contributed by atoms with Gasteiger partial charge in [0.25, 0.3) is 8.32 Å². The van der Waals surface area contributed by atoms with Crippen molar-refractivity contribution in [2.75, 3.05) is 0 Å². The van der Waals surface area contributed by atoms with E-state index in [4.69, 9.17) is 28.1 Å². The molecule has 0 aliphatic rings. The van der Waals surface area contributed by atoms with Gasteiger partial charge in [-0.2, -0.15) is 0 Å². The third-order valence-electron chi connectivity index (χ3n) is 4.61. The molecule has 0 unspecified atom stereocenters. The average molecular weight is 373 g/mol. The van der Waals surface area contributed by atoms with Crippen LogP contribution in [0.3, 0.4) is 0 Å². The molecule has 0 spiro atoms. The van der Waals surface area contributed by atoms with Crippen molar-refractivity contribution in [2.24, 2.45) is 11.5 Å². The Hall–Kier alpha value is -1.53. The lowest BCUT2D eigenvalue weighted by molar-refractivity contribution is 0.198. The van der Waals surface area contributed by atoms with Gasteiger partial charge in [-0.25, -0.2) is 0 Å². The van der Waals surface area contributed by atoms with Crippen LogP contribution in [0.5, 0.6) is 0 Å². The van der Waals surface area contributed by atoms with Gasteiger partial charge in [0.15, 0.2) is 0 Å². The molecule has 2 aromatic carbocycles. The Morgan fingerprint density at radius 2 is 1.36 bits per heavy atom. The summed E-state index contributed by atoms with van der Waals surface area (Å²) in [4.78, 5) is 0.283. The van der Waals surface area contributed by atoms with Crippen molar-refractivity contribution in [1.29, 1.82) is 0 Å². The third kappa shape index (κ3) is 4.01. The molecule has 2 aromatic rings. The second-order valence-electron chi connectivity index (χ2n) is 7.41. The molecule has 134 valence electrons. The molecule has 0 saturated carbocycles. The Bertz CT molecular complexity index is 661. The third-order valence-corrected chi connectivity index (χ3v) is 10.0. The molecule has 5 heteroatoms. The van der Waals surface area contributed by atoms with E-state index in [1.165, 1.54) is 10.4 Å². The molecular weight excluding hydrogens is 344 g/mol. The van der Waals surface area contributed by atoms with Crippen LogP contribution in [0.4, 0.5) is 0 Å². The maximum atomic E-state index is 6.84. The molecule has 0 fully saturated rings. The van der Waals surface area contributed by atoms with Gasteiger partial charge >= 0.3 is 0 Å². The summed E-state index contributed by atoms with van der Waals surface area (Å²) in [7, 11) is -2.62. The molecule has 2 atom stereocenters. The van der Waals surface area contributed by atoms with Crippen LogP contribution in [0.15, 0.2) is 60.7 Å².